The number of carbonyl (C=O) groups is 3. The predicted molar refractivity (Wildman–Crippen MR) is 148 cm³/mol. The average Bonchev–Trinajstić information content (AvgIpc) is 3.41. The molecule has 0 spiro atoms. The first-order valence-electron chi connectivity index (χ1n) is 12.7. The third kappa shape index (κ3) is 7.96. The maximum atomic E-state index is 13.4. The molecule has 11 heteroatoms. The van der Waals surface area contributed by atoms with Crippen LogP contribution in [0, 0.1) is 0 Å². The van der Waals surface area contributed by atoms with E-state index in [1.165, 1.54) is 5.56 Å². The van der Waals surface area contributed by atoms with Crippen molar-refractivity contribution in [3.8, 4) is 0 Å². The number of para-hydroxylation sites is 1. The fourth-order valence-corrected chi connectivity index (χ4v) is 4.61. The Morgan fingerprint density at radius 1 is 0.829 bits per heavy atom. The van der Waals surface area contributed by atoms with Crippen LogP contribution in [0.15, 0.2) is 84.9 Å². The van der Waals surface area contributed by atoms with Crippen molar-refractivity contribution < 1.29 is 32.7 Å². The Hall–Kier alpha value is -4.15. The van der Waals surface area contributed by atoms with Gasteiger partial charge in [-0.3, -0.25) is 14.5 Å². The third-order valence-electron chi connectivity index (χ3n) is 6.56. The lowest BCUT2D eigenvalue weighted by Gasteiger charge is -2.23. The Morgan fingerprint density at radius 2 is 1.39 bits per heavy atom. The van der Waals surface area contributed by atoms with Crippen molar-refractivity contribution in [3.05, 3.63) is 112 Å². The van der Waals surface area contributed by atoms with Crippen molar-refractivity contribution in [3.63, 3.8) is 0 Å². The molecule has 214 valence electrons. The van der Waals surface area contributed by atoms with E-state index in [1.807, 2.05) is 24.3 Å². The largest absolute Gasteiger partial charge is 0.490 e. The van der Waals surface area contributed by atoms with Crippen LogP contribution in [0.5, 0.6) is 0 Å². The summed E-state index contributed by atoms with van der Waals surface area (Å²) in [5.74, 6) is -3.03. The first kappa shape index (κ1) is 29.8. The van der Waals surface area contributed by atoms with Gasteiger partial charge in [0.05, 0.1) is 6.54 Å². The summed E-state index contributed by atoms with van der Waals surface area (Å²) in [5.41, 5.74) is 4.64. The molecule has 7 nitrogen and oxygen atoms in total. The molecule has 0 saturated carbocycles. The van der Waals surface area contributed by atoms with Gasteiger partial charge in [-0.2, -0.15) is 13.2 Å². The highest BCUT2D eigenvalue weighted by molar-refractivity contribution is 6.30. The summed E-state index contributed by atoms with van der Waals surface area (Å²) >= 11 is 5.98. The first-order valence-corrected chi connectivity index (χ1v) is 13.1. The monoisotopic (exact) mass is 585 g/mol. The molecule has 2 aliphatic rings. The molecule has 1 N–H and O–H groups in total. The Bertz CT molecular complexity index is 1420. The minimum absolute atomic E-state index is 0.0240. The van der Waals surface area contributed by atoms with Gasteiger partial charge in [0.15, 0.2) is 0 Å². The van der Waals surface area contributed by atoms with Gasteiger partial charge < -0.3 is 14.9 Å². The van der Waals surface area contributed by atoms with E-state index in [9.17, 15) is 22.8 Å². The lowest BCUT2D eigenvalue weighted by atomic mass is 10.1. The smallest absolute Gasteiger partial charge is 0.475 e. The lowest BCUT2D eigenvalue weighted by molar-refractivity contribution is -0.192. The average molecular weight is 586 g/mol. The van der Waals surface area contributed by atoms with Gasteiger partial charge in [0, 0.05) is 42.5 Å². The minimum atomic E-state index is -5.08. The molecular weight excluding hydrogens is 559 g/mol. The van der Waals surface area contributed by atoms with Crippen LogP contribution in [0.1, 0.15) is 27.0 Å². The molecule has 0 radical (unpaired) electrons. The summed E-state index contributed by atoms with van der Waals surface area (Å²) < 4.78 is 31.7. The molecule has 0 fully saturated rings. The third-order valence-corrected chi connectivity index (χ3v) is 6.81. The van der Waals surface area contributed by atoms with Crippen LogP contribution in [-0.4, -0.2) is 58.5 Å². The number of hydrogen-bond acceptors (Lipinski definition) is 4. The molecule has 0 aromatic heterocycles. The van der Waals surface area contributed by atoms with E-state index in [4.69, 9.17) is 21.5 Å². The Labute approximate surface area is 240 Å². The van der Waals surface area contributed by atoms with Gasteiger partial charge in [-0.25, -0.2) is 4.79 Å². The molecule has 0 bridgehead atoms. The van der Waals surface area contributed by atoms with E-state index >= 15 is 0 Å². The maximum Gasteiger partial charge on any atom is 0.490 e. The number of alkyl halides is 3. The summed E-state index contributed by atoms with van der Waals surface area (Å²) in [6.07, 6.45) is -0.699. The zero-order valence-electron chi connectivity index (χ0n) is 21.9. The van der Waals surface area contributed by atoms with E-state index in [2.05, 4.69) is 41.3 Å². The Morgan fingerprint density at radius 3 is 1.98 bits per heavy atom. The zero-order chi connectivity index (χ0) is 29.6. The number of aliphatic carboxylic acids is 1. The number of carboxylic acid groups (broad SMARTS) is 1. The minimum Gasteiger partial charge on any atom is -0.475 e. The zero-order valence-corrected chi connectivity index (χ0v) is 22.6. The van der Waals surface area contributed by atoms with E-state index in [0.717, 1.165) is 36.4 Å². The van der Waals surface area contributed by atoms with Crippen LogP contribution < -0.4 is 4.90 Å². The number of halogens is 4. The number of amides is 2. The second-order valence-electron chi connectivity index (χ2n) is 9.56. The molecule has 41 heavy (non-hydrogen) atoms. The molecule has 3 aromatic carbocycles. The fraction of sp³-hybridized carbons (Fsp3) is 0.233. The van der Waals surface area contributed by atoms with Gasteiger partial charge >= 0.3 is 12.1 Å². The van der Waals surface area contributed by atoms with E-state index in [1.54, 1.807) is 34.1 Å². The molecule has 5 rings (SSSR count). The number of nitrogens with zero attached hydrogens (tertiary/aromatic N) is 3. The second kappa shape index (κ2) is 13.0. The van der Waals surface area contributed by atoms with Crippen molar-refractivity contribution in [2.24, 2.45) is 0 Å². The summed E-state index contributed by atoms with van der Waals surface area (Å²) in [4.78, 5) is 41.2. The number of carbonyl (C=O) groups excluding carboxylic acids is 2. The number of carboxylic acids is 1. The van der Waals surface area contributed by atoms with E-state index < -0.39 is 12.1 Å². The van der Waals surface area contributed by atoms with Gasteiger partial charge in [-0.05, 0) is 47.0 Å². The van der Waals surface area contributed by atoms with Gasteiger partial charge in [-0.1, -0.05) is 66.2 Å². The second-order valence-corrected chi connectivity index (χ2v) is 10.00. The number of benzene rings is 3. The molecular formula is C30H27ClF3N3O4. The topological polar surface area (TPSA) is 81.2 Å². The van der Waals surface area contributed by atoms with Crippen molar-refractivity contribution in [2.45, 2.75) is 25.8 Å². The van der Waals surface area contributed by atoms with Crippen LogP contribution >= 0.6 is 11.6 Å². The summed E-state index contributed by atoms with van der Waals surface area (Å²) in [6.45, 7) is 3.77. The summed E-state index contributed by atoms with van der Waals surface area (Å²) in [6, 6.07) is 23.1. The molecule has 2 heterocycles. The van der Waals surface area contributed by atoms with Crippen LogP contribution in [0.4, 0.5) is 18.9 Å². The highest BCUT2D eigenvalue weighted by Gasteiger charge is 2.38. The molecule has 3 aromatic rings. The van der Waals surface area contributed by atoms with Crippen LogP contribution in [-0.2, 0) is 29.2 Å². The molecule has 2 amide bonds. The SMILES string of the molecule is O=C(O)C(F)(F)F.O=C(c1ccc(Cl)cc1)N1CC(=O)N(Cc2ccc(CN3CC=CC3)cc2)c2ccccc2C1. The fourth-order valence-electron chi connectivity index (χ4n) is 4.49. The Balaban J connectivity index is 0.000000493. The van der Waals surface area contributed by atoms with E-state index in [0.29, 0.717) is 23.7 Å². The van der Waals surface area contributed by atoms with E-state index in [-0.39, 0.29) is 18.4 Å². The molecule has 0 unspecified atom stereocenters. The van der Waals surface area contributed by atoms with Crippen molar-refractivity contribution >= 4 is 35.1 Å². The molecule has 0 atom stereocenters. The number of anilines is 1. The van der Waals surface area contributed by atoms with Crippen molar-refractivity contribution in [1.82, 2.24) is 9.80 Å². The first-order chi connectivity index (χ1) is 19.5. The quantitative estimate of drug-likeness (QED) is 0.398. The molecule has 0 saturated heterocycles. The van der Waals surface area contributed by atoms with Crippen molar-refractivity contribution in [1.29, 1.82) is 0 Å². The molecule has 2 aliphatic heterocycles. The van der Waals surface area contributed by atoms with Crippen LogP contribution in [0.2, 0.25) is 5.02 Å². The molecule has 0 aliphatic carbocycles. The highest BCUT2D eigenvalue weighted by atomic mass is 35.5. The normalized spacial score (nSPS) is 15.2. The van der Waals surface area contributed by atoms with Crippen molar-refractivity contribution in [2.75, 3.05) is 24.5 Å². The van der Waals surface area contributed by atoms with Gasteiger partial charge in [0.25, 0.3) is 5.91 Å². The van der Waals surface area contributed by atoms with Crippen LogP contribution in [0.25, 0.3) is 0 Å². The standard InChI is InChI=1S/C28H26ClN3O2.C2HF3O2/c29-25-13-11-23(12-14-25)28(34)31-19-24-5-1-2-6-26(24)32(27(33)20-31)18-22-9-7-21(8-10-22)17-30-15-3-4-16-30;3-2(4,5)1(6)7/h1-14H,15-20H2;(H,6,7). The lowest BCUT2D eigenvalue weighted by Crippen LogP contribution is -2.39. The van der Waals surface area contributed by atoms with Gasteiger partial charge in [0.1, 0.15) is 6.54 Å². The summed E-state index contributed by atoms with van der Waals surface area (Å²) in [5, 5.41) is 7.70. The number of rotatable bonds is 5. The van der Waals surface area contributed by atoms with Crippen LogP contribution in [0.3, 0.4) is 0 Å². The maximum absolute atomic E-state index is 13.4. The number of hydrogen-bond donors (Lipinski definition) is 1. The number of fused-ring (bicyclic) bond motifs is 1. The highest BCUT2D eigenvalue weighted by Crippen LogP contribution is 2.28. The predicted octanol–water partition coefficient (Wildman–Crippen LogP) is 5.53. The van der Waals surface area contributed by atoms with Gasteiger partial charge in [-0.15, -0.1) is 0 Å². The Kier molecular flexibility index (Phi) is 9.46. The van der Waals surface area contributed by atoms with Gasteiger partial charge in [0.2, 0.25) is 5.91 Å². The summed E-state index contributed by atoms with van der Waals surface area (Å²) in [7, 11) is 0.